The summed E-state index contributed by atoms with van der Waals surface area (Å²) in [6.45, 7) is 0. The van der Waals surface area contributed by atoms with E-state index in [-0.39, 0.29) is 12.4 Å². The van der Waals surface area contributed by atoms with Crippen LogP contribution in [0.15, 0.2) is 24.3 Å². The van der Waals surface area contributed by atoms with Crippen molar-refractivity contribution in [1.82, 2.24) is 0 Å². The second-order valence-corrected chi connectivity index (χ2v) is 2.00. The molecule has 0 atom stereocenters. The minimum absolute atomic E-state index is 0. The van der Waals surface area contributed by atoms with Crippen molar-refractivity contribution in [3.8, 4) is 0 Å². The number of hydrogen-bond acceptors (Lipinski definition) is 6. The molecule has 15 heavy (non-hydrogen) atoms. The van der Waals surface area contributed by atoms with Crippen LogP contribution in [0.2, 0.25) is 0 Å². The molecule has 0 spiro atoms. The molecular weight excluding hydrogens is 228 g/mol. The smallest absolute Gasteiger partial charge is 0.274 e. The van der Waals surface area contributed by atoms with Crippen molar-refractivity contribution in [1.29, 1.82) is 0 Å². The molecule has 1 aromatic carbocycles. The lowest BCUT2D eigenvalue weighted by Crippen LogP contribution is -2.02. The van der Waals surface area contributed by atoms with Crippen LogP contribution in [0, 0.1) is 20.2 Å². The van der Waals surface area contributed by atoms with Crippen molar-refractivity contribution >= 4 is 23.8 Å². The third kappa shape index (κ3) is 4.31. The number of nitro benzene ring substituents is 2. The van der Waals surface area contributed by atoms with E-state index in [1.807, 2.05) is 0 Å². The van der Waals surface area contributed by atoms with Gasteiger partial charge >= 0.3 is 11.4 Å². The normalized spacial score (nSPS) is 7.87. The molecule has 0 saturated heterocycles. The molecule has 0 bridgehead atoms. The lowest BCUT2D eigenvalue weighted by atomic mass is 10.3. The van der Waals surface area contributed by atoms with E-state index in [0.717, 1.165) is 12.1 Å². The van der Waals surface area contributed by atoms with E-state index in [9.17, 15) is 20.2 Å². The molecule has 0 aliphatic heterocycles. The SMILES string of the molecule is Cl.NN.O=[N+]([O-])c1ccccc1[N+](=O)[O-]. The van der Waals surface area contributed by atoms with E-state index in [4.69, 9.17) is 0 Å². The molecule has 0 aliphatic carbocycles. The van der Waals surface area contributed by atoms with E-state index in [1.165, 1.54) is 12.1 Å². The first-order chi connectivity index (χ1) is 6.63. The number of nitrogens with two attached hydrogens (primary N) is 2. The van der Waals surface area contributed by atoms with Gasteiger partial charge in [0.2, 0.25) is 0 Å². The number of hydrazine groups is 1. The highest BCUT2D eigenvalue weighted by molar-refractivity contribution is 5.85. The summed E-state index contributed by atoms with van der Waals surface area (Å²) in [6.07, 6.45) is 0. The topological polar surface area (TPSA) is 138 Å². The van der Waals surface area contributed by atoms with Gasteiger partial charge in [-0.1, -0.05) is 12.1 Å². The highest BCUT2D eigenvalue weighted by Crippen LogP contribution is 2.24. The van der Waals surface area contributed by atoms with Crippen LogP contribution in [0.5, 0.6) is 0 Å². The molecule has 8 nitrogen and oxygen atoms in total. The molecule has 0 amide bonds. The fraction of sp³-hybridized carbons (Fsp3) is 0. The zero-order valence-electron chi connectivity index (χ0n) is 7.40. The standard InChI is InChI=1S/C6H4N2O4.ClH.H4N2/c9-7(10)5-3-1-2-4-6(5)8(11)12;;1-2/h1-4H;1H;1-2H2. The highest BCUT2D eigenvalue weighted by atomic mass is 35.5. The Kier molecular flexibility index (Phi) is 7.97. The summed E-state index contributed by atoms with van der Waals surface area (Å²) in [5.74, 6) is 8.00. The van der Waals surface area contributed by atoms with Gasteiger partial charge in [-0.05, 0) is 0 Å². The Bertz CT molecular complexity index is 313. The Morgan fingerprint density at radius 3 is 1.40 bits per heavy atom. The monoisotopic (exact) mass is 236 g/mol. The average molecular weight is 237 g/mol. The van der Waals surface area contributed by atoms with Gasteiger partial charge in [-0.2, -0.15) is 0 Å². The fourth-order valence-corrected chi connectivity index (χ4v) is 0.773. The quantitative estimate of drug-likeness (QED) is 0.441. The van der Waals surface area contributed by atoms with E-state index in [0.29, 0.717) is 0 Å². The number of benzene rings is 1. The molecule has 0 aliphatic rings. The maximum Gasteiger partial charge on any atom is 0.346 e. The number of halogens is 1. The average Bonchev–Trinajstić information content (AvgIpc) is 2.20. The number of hydrogen-bond donors (Lipinski definition) is 2. The van der Waals surface area contributed by atoms with Gasteiger partial charge in [0.15, 0.2) is 0 Å². The van der Waals surface area contributed by atoms with Crippen LogP contribution in [-0.2, 0) is 0 Å². The van der Waals surface area contributed by atoms with Gasteiger partial charge in [-0.25, -0.2) is 0 Å². The summed E-state index contributed by atoms with van der Waals surface area (Å²) in [5, 5.41) is 20.5. The molecule has 1 rings (SSSR count). The van der Waals surface area contributed by atoms with Gasteiger partial charge in [0.05, 0.1) is 9.85 Å². The van der Waals surface area contributed by atoms with Crippen LogP contribution in [0.3, 0.4) is 0 Å². The summed E-state index contributed by atoms with van der Waals surface area (Å²) in [4.78, 5) is 18.9. The van der Waals surface area contributed by atoms with Gasteiger partial charge in [-0.3, -0.25) is 31.9 Å². The summed E-state index contributed by atoms with van der Waals surface area (Å²) in [5.41, 5.74) is -0.968. The molecule has 84 valence electrons. The van der Waals surface area contributed by atoms with Crippen LogP contribution in [-0.4, -0.2) is 9.85 Å². The Labute approximate surface area is 90.5 Å². The van der Waals surface area contributed by atoms with Crippen molar-refractivity contribution in [2.45, 2.75) is 0 Å². The zero-order valence-corrected chi connectivity index (χ0v) is 8.22. The maximum atomic E-state index is 10.2. The van der Waals surface area contributed by atoms with E-state index < -0.39 is 21.2 Å². The minimum atomic E-state index is -0.780. The lowest BCUT2D eigenvalue weighted by Gasteiger charge is -1.91. The van der Waals surface area contributed by atoms with Crippen LogP contribution in [0.1, 0.15) is 0 Å². The highest BCUT2D eigenvalue weighted by Gasteiger charge is 2.21. The van der Waals surface area contributed by atoms with Crippen molar-refractivity contribution in [3.63, 3.8) is 0 Å². The first kappa shape index (κ1) is 15.7. The van der Waals surface area contributed by atoms with E-state index >= 15 is 0 Å². The second kappa shape index (κ2) is 7.62. The van der Waals surface area contributed by atoms with Crippen molar-refractivity contribution in [3.05, 3.63) is 44.5 Å². The van der Waals surface area contributed by atoms with Gasteiger partial charge in [0.1, 0.15) is 0 Å². The Hall–Kier alpha value is -1.77. The van der Waals surface area contributed by atoms with Gasteiger partial charge in [0.25, 0.3) is 0 Å². The molecule has 0 fully saturated rings. The largest absolute Gasteiger partial charge is 0.346 e. The zero-order chi connectivity index (χ0) is 11.1. The van der Waals surface area contributed by atoms with E-state index in [2.05, 4.69) is 11.7 Å². The summed E-state index contributed by atoms with van der Waals surface area (Å²) in [7, 11) is 0. The van der Waals surface area contributed by atoms with Gasteiger partial charge in [-0.15, -0.1) is 12.4 Å². The summed E-state index contributed by atoms with van der Waals surface area (Å²) in [6, 6.07) is 4.95. The molecular formula is C6H9ClN4O4. The number of rotatable bonds is 2. The van der Waals surface area contributed by atoms with Crippen LogP contribution in [0.25, 0.3) is 0 Å². The van der Waals surface area contributed by atoms with Crippen molar-refractivity contribution < 1.29 is 9.85 Å². The molecule has 1 aromatic rings. The first-order valence-electron chi connectivity index (χ1n) is 3.34. The van der Waals surface area contributed by atoms with Gasteiger partial charge in [0, 0.05) is 12.1 Å². The molecule has 4 N–H and O–H groups in total. The summed E-state index contributed by atoms with van der Waals surface area (Å²) >= 11 is 0. The minimum Gasteiger partial charge on any atom is -0.274 e. The third-order valence-corrected chi connectivity index (χ3v) is 1.28. The summed E-state index contributed by atoms with van der Waals surface area (Å²) < 4.78 is 0. The van der Waals surface area contributed by atoms with E-state index in [1.54, 1.807) is 0 Å². The van der Waals surface area contributed by atoms with Crippen LogP contribution >= 0.6 is 12.4 Å². The second-order valence-electron chi connectivity index (χ2n) is 2.00. The lowest BCUT2D eigenvalue weighted by molar-refractivity contribution is -0.422. The Balaban J connectivity index is 0. The molecule has 9 heteroatoms. The molecule has 0 aromatic heterocycles. The molecule has 0 unspecified atom stereocenters. The Morgan fingerprint density at radius 1 is 0.933 bits per heavy atom. The Morgan fingerprint density at radius 2 is 1.20 bits per heavy atom. The number of nitro groups is 2. The molecule has 0 radical (unpaired) electrons. The van der Waals surface area contributed by atoms with Crippen LogP contribution < -0.4 is 11.7 Å². The third-order valence-electron chi connectivity index (χ3n) is 1.28. The molecule has 0 saturated carbocycles. The first-order valence-corrected chi connectivity index (χ1v) is 3.34. The molecule has 0 heterocycles. The predicted molar refractivity (Wildman–Crippen MR) is 55.4 cm³/mol. The predicted octanol–water partition coefficient (Wildman–Crippen LogP) is 0.744. The van der Waals surface area contributed by atoms with Crippen molar-refractivity contribution in [2.24, 2.45) is 11.7 Å². The van der Waals surface area contributed by atoms with Crippen molar-refractivity contribution in [2.75, 3.05) is 0 Å². The maximum absolute atomic E-state index is 10.2. The van der Waals surface area contributed by atoms with Gasteiger partial charge < -0.3 is 0 Å². The number of nitrogens with zero attached hydrogens (tertiary/aromatic N) is 2. The number of para-hydroxylation sites is 2. The fourth-order valence-electron chi connectivity index (χ4n) is 0.773. The van der Waals surface area contributed by atoms with Crippen LogP contribution in [0.4, 0.5) is 11.4 Å².